The molecular formula is C7H7N. The largest absolute Gasteiger partial charge is 0.198 e. The molecule has 1 unspecified atom stereocenters. The molecule has 0 spiro atoms. The van der Waals surface area contributed by atoms with Gasteiger partial charge in [0.25, 0.3) is 0 Å². The lowest BCUT2D eigenvalue weighted by Gasteiger charge is -1.99. The van der Waals surface area contributed by atoms with Gasteiger partial charge < -0.3 is 0 Å². The summed E-state index contributed by atoms with van der Waals surface area (Å²) in [6.07, 6.45) is 5.89. The maximum Gasteiger partial charge on any atom is 0.0700 e. The topological polar surface area (TPSA) is 23.8 Å². The van der Waals surface area contributed by atoms with E-state index < -0.39 is 0 Å². The highest BCUT2D eigenvalue weighted by atomic mass is 14.3. The normalized spacial score (nSPS) is 28.1. The number of nitriles is 1. The van der Waals surface area contributed by atoms with E-state index in [0.29, 0.717) is 12.5 Å². The molecule has 0 saturated heterocycles. The van der Waals surface area contributed by atoms with Crippen molar-refractivity contribution in [1.29, 1.82) is 5.26 Å². The van der Waals surface area contributed by atoms with E-state index in [1.807, 2.05) is 0 Å². The molecule has 1 atom stereocenters. The summed E-state index contributed by atoms with van der Waals surface area (Å²) in [6.45, 7) is 0. The quantitative estimate of drug-likeness (QED) is 0.460. The molecule has 0 saturated carbocycles. The average molecular weight is 106 g/mol. The van der Waals surface area contributed by atoms with Gasteiger partial charge in [-0.2, -0.15) is 5.26 Å². The Bertz CT molecular complexity index is 197. The predicted molar refractivity (Wildman–Crippen MR) is 32.0 cm³/mol. The SMILES string of the molecule is [2H]C1=CCC(C#N)C=C1. The maximum atomic E-state index is 8.39. The molecule has 1 nitrogen and oxygen atoms in total. The monoisotopic (exact) mass is 106 g/mol. The van der Waals surface area contributed by atoms with Crippen molar-refractivity contribution >= 4 is 0 Å². The number of rotatable bonds is 0. The minimum atomic E-state index is -0.000833. The molecule has 1 aliphatic carbocycles. The molecule has 1 aliphatic rings. The van der Waals surface area contributed by atoms with Gasteiger partial charge in [-0.1, -0.05) is 24.3 Å². The number of allylic oxidation sites excluding steroid dienone is 4. The Labute approximate surface area is 50.3 Å². The highest BCUT2D eigenvalue weighted by molar-refractivity contribution is 5.15. The lowest BCUT2D eigenvalue weighted by molar-refractivity contribution is 0.838. The van der Waals surface area contributed by atoms with Crippen LogP contribution in [-0.2, 0) is 0 Å². The van der Waals surface area contributed by atoms with Crippen molar-refractivity contribution in [3.63, 3.8) is 0 Å². The Morgan fingerprint density at radius 3 is 3.25 bits per heavy atom. The smallest absolute Gasteiger partial charge is 0.0700 e. The van der Waals surface area contributed by atoms with Crippen molar-refractivity contribution in [3.05, 3.63) is 24.3 Å². The van der Waals surface area contributed by atoms with Gasteiger partial charge in [-0.05, 0) is 6.42 Å². The van der Waals surface area contributed by atoms with Crippen molar-refractivity contribution < 1.29 is 1.37 Å². The fourth-order valence-electron chi connectivity index (χ4n) is 0.609. The van der Waals surface area contributed by atoms with Gasteiger partial charge in [0.2, 0.25) is 0 Å². The van der Waals surface area contributed by atoms with E-state index >= 15 is 0 Å². The second-order valence-electron chi connectivity index (χ2n) is 1.70. The van der Waals surface area contributed by atoms with Gasteiger partial charge in [0.15, 0.2) is 0 Å². The predicted octanol–water partition coefficient (Wildman–Crippen LogP) is 1.64. The Balaban J connectivity index is 2.61. The molecule has 0 aliphatic heterocycles. The average Bonchev–Trinajstić information content (AvgIpc) is 1.90. The van der Waals surface area contributed by atoms with Gasteiger partial charge in [-0.25, -0.2) is 0 Å². The molecule has 8 heavy (non-hydrogen) atoms. The Morgan fingerprint density at radius 2 is 2.75 bits per heavy atom. The van der Waals surface area contributed by atoms with Crippen LogP contribution in [-0.4, -0.2) is 0 Å². The van der Waals surface area contributed by atoms with Gasteiger partial charge in [0.05, 0.1) is 13.4 Å². The maximum absolute atomic E-state index is 8.39. The molecule has 0 fully saturated rings. The molecule has 0 radical (unpaired) electrons. The van der Waals surface area contributed by atoms with Crippen LogP contribution in [0.25, 0.3) is 0 Å². The first-order valence-corrected chi connectivity index (χ1v) is 2.57. The molecule has 1 rings (SSSR count). The van der Waals surface area contributed by atoms with E-state index in [4.69, 9.17) is 6.63 Å². The van der Waals surface area contributed by atoms with E-state index in [1.165, 1.54) is 0 Å². The minimum Gasteiger partial charge on any atom is -0.198 e. The summed E-state index contributed by atoms with van der Waals surface area (Å²) in [5.74, 6) is -0.000833. The zero-order valence-corrected chi connectivity index (χ0v) is 4.46. The first-order valence-electron chi connectivity index (χ1n) is 3.07. The first kappa shape index (κ1) is 3.91. The van der Waals surface area contributed by atoms with E-state index in [9.17, 15) is 0 Å². The fourth-order valence-corrected chi connectivity index (χ4v) is 0.609. The summed E-state index contributed by atoms with van der Waals surface area (Å²) in [7, 11) is 0. The Hall–Kier alpha value is -1.03. The number of hydrogen-bond donors (Lipinski definition) is 0. The summed E-state index contributed by atoms with van der Waals surface area (Å²) in [5, 5.41) is 8.39. The van der Waals surface area contributed by atoms with Crippen LogP contribution in [0.3, 0.4) is 0 Å². The summed E-state index contributed by atoms with van der Waals surface area (Å²) in [4.78, 5) is 0. The van der Waals surface area contributed by atoms with Gasteiger partial charge in [-0.3, -0.25) is 0 Å². The first-order chi connectivity index (χ1) is 4.33. The second kappa shape index (κ2) is 2.32. The van der Waals surface area contributed by atoms with Gasteiger partial charge in [-0.15, -0.1) is 0 Å². The fraction of sp³-hybridized carbons (Fsp3) is 0.286. The van der Waals surface area contributed by atoms with Gasteiger partial charge in [0, 0.05) is 0 Å². The van der Waals surface area contributed by atoms with E-state index in [0.717, 1.165) is 0 Å². The van der Waals surface area contributed by atoms with Crippen molar-refractivity contribution in [2.75, 3.05) is 0 Å². The van der Waals surface area contributed by atoms with Crippen molar-refractivity contribution in [1.82, 2.24) is 0 Å². The Morgan fingerprint density at radius 1 is 1.88 bits per heavy atom. The third-order valence-corrected chi connectivity index (χ3v) is 1.08. The minimum absolute atomic E-state index is 0.000833. The summed E-state index contributed by atoms with van der Waals surface area (Å²) >= 11 is 0. The van der Waals surface area contributed by atoms with Crippen molar-refractivity contribution in [3.8, 4) is 6.07 Å². The van der Waals surface area contributed by atoms with Crippen LogP contribution in [0.4, 0.5) is 0 Å². The van der Waals surface area contributed by atoms with Crippen LogP contribution in [0.15, 0.2) is 24.3 Å². The lowest BCUT2D eigenvalue weighted by Crippen LogP contribution is -1.90. The third-order valence-electron chi connectivity index (χ3n) is 1.08. The molecular weight excluding hydrogens is 98.1 g/mol. The van der Waals surface area contributed by atoms with Crippen LogP contribution in [0.1, 0.15) is 7.79 Å². The van der Waals surface area contributed by atoms with Crippen LogP contribution in [0.2, 0.25) is 0 Å². The van der Waals surface area contributed by atoms with Crippen LogP contribution < -0.4 is 0 Å². The van der Waals surface area contributed by atoms with Crippen LogP contribution in [0.5, 0.6) is 0 Å². The van der Waals surface area contributed by atoms with Gasteiger partial charge >= 0.3 is 0 Å². The van der Waals surface area contributed by atoms with Crippen molar-refractivity contribution in [2.24, 2.45) is 5.92 Å². The second-order valence-corrected chi connectivity index (χ2v) is 1.70. The molecule has 0 aromatic rings. The Kier molecular flexibility index (Phi) is 1.13. The zero-order chi connectivity index (χ0) is 6.69. The standard InChI is InChI=1S/C7H7N/c8-6-7-4-2-1-3-5-7/h1-4,7H,5H2/i1D. The molecule has 0 bridgehead atoms. The molecule has 0 heterocycles. The molecule has 1 heteroatoms. The molecule has 0 N–H and O–H groups in total. The summed E-state index contributed by atoms with van der Waals surface area (Å²) < 4.78 is 7.10. The van der Waals surface area contributed by atoms with Crippen LogP contribution in [0, 0.1) is 17.2 Å². The number of nitrogens with zero attached hydrogens (tertiary/aromatic N) is 1. The van der Waals surface area contributed by atoms with E-state index in [1.54, 1.807) is 18.2 Å². The lowest BCUT2D eigenvalue weighted by atomic mass is 10.0. The van der Waals surface area contributed by atoms with E-state index in [2.05, 4.69) is 6.07 Å². The molecule has 0 aromatic carbocycles. The van der Waals surface area contributed by atoms with Crippen molar-refractivity contribution in [2.45, 2.75) is 6.42 Å². The molecule has 0 amide bonds. The zero-order valence-electron chi connectivity index (χ0n) is 5.46. The summed E-state index contributed by atoms with van der Waals surface area (Å²) in [6, 6.07) is 2.63. The number of hydrogen-bond acceptors (Lipinski definition) is 1. The third kappa shape index (κ3) is 0.974. The summed E-state index contributed by atoms with van der Waals surface area (Å²) in [5.41, 5.74) is 0. The van der Waals surface area contributed by atoms with E-state index in [-0.39, 0.29) is 5.92 Å². The van der Waals surface area contributed by atoms with Crippen LogP contribution >= 0.6 is 0 Å². The van der Waals surface area contributed by atoms with Gasteiger partial charge in [0.1, 0.15) is 0 Å². The highest BCUT2D eigenvalue weighted by Gasteiger charge is 1.99. The molecule has 40 valence electrons. The highest BCUT2D eigenvalue weighted by Crippen LogP contribution is 2.08. The molecule has 0 aromatic heterocycles.